The molecule has 0 fully saturated rings. The monoisotopic (exact) mass is 204 g/mol. The van der Waals surface area contributed by atoms with Gasteiger partial charge in [-0.05, 0) is 18.5 Å². The van der Waals surface area contributed by atoms with Gasteiger partial charge >= 0.3 is 0 Å². The number of halogens is 1. The number of nitrogens with two attached hydrogens (primary N) is 1. The minimum atomic E-state index is -0.444. The predicted octanol–water partition coefficient (Wildman–Crippen LogP) is 0.204. The normalized spacial score (nSPS) is 22.8. The highest BCUT2D eigenvalue weighted by Crippen LogP contribution is 2.08. The fourth-order valence-corrected chi connectivity index (χ4v) is 1.32. The van der Waals surface area contributed by atoms with Crippen LogP contribution in [0.1, 0.15) is 6.92 Å². The molecule has 13 heavy (non-hydrogen) atoms. The maximum Gasteiger partial charge on any atom is 0.203 e. The molecule has 0 saturated heterocycles. The lowest BCUT2D eigenvalue weighted by atomic mass is 10.5. The van der Waals surface area contributed by atoms with E-state index in [1.54, 1.807) is 18.9 Å². The van der Waals surface area contributed by atoms with Gasteiger partial charge < -0.3 is 9.64 Å². The van der Waals surface area contributed by atoms with Gasteiger partial charge in [-0.25, -0.2) is 9.98 Å². The summed E-state index contributed by atoms with van der Waals surface area (Å²) in [6.45, 7) is 2.90. The second-order valence-corrected chi connectivity index (χ2v) is 3.00. The van der Waals surface area contributed by atoms with E-state index in [4.69, 9.17) is 22.1 Å². The highest BCUT2D eigenvalue weighted by Gasteiger charge is 2.20. The number of methoxy groups -OCH3 is 1. The first-order chi connectivity index (χ1) is 6.15. The molecule has 5 nitrogen and oxygen atoms in total. The number of hydrogen-bond donors (Lipinski definition) is 1. The molecule has 6 heteroatoms. The van der Waals surface area contributed by atoms with Crippen molar-refractivity contribution in [2.45, 2.75) is 13.2 Å². The van der Waals surface area contributed by atoms with Crippen molar-refractivity contribution >= 4 is 22.7 Å². The zero-order chi connectivity index (χ0) is 9.84. The Morgan fingerprint density at radius 3 is 2.92 bits per heavy atom. The second kappa shape index (κ2) is 4.55. The molecule has 1 aliphatic rings. The van der Waals surface area contributed by atoms with Gasteiger partial charge in [-0.2, -0.15) is 0 Å². The Morgan fingerprint density at radius 2 is 2.38 bits per heavy atom. The van der Waals surface area contributed by atoms with Crippen molar-refractivity contribution in [1.29, 1.82) is 0 Å². The van der Waals surface area contributed by atoms with Crippen molar-refractivity contribution in [3.05, 3.63) is 0 Å². The number of hydrogen-bond acceptors (Lipinski definition) is 5. The Balaban J connectivity index is 2.61. The minimum Gasteiger partial charge on any atom is -0.383 e. The molecule has 1 atom stereocenters. The van der Waals surface area contributed by atoms with Crippen LogP contribution < -0.4 is 5.73 Å². The standard InChI is InChI=1S/C7H13ClN4O/c1-5-10-6(8)12(3-4-13-2)7(9)11-5/h7H,3-4,9H2,1-2H3. The van der Waals surface area contributed by atoms with Crippen LogP contribution >= 0.6 is 11.6 Å². The van der Waals surface area contributed by atoms with E-state index in [0.717, 1.165) is 0 Å². The van der Waals surface area contributed by atoms with Crippen LogP contribution in [-0.4, -0.2) is 42.6 Å². The Bertz CT molecular complexity index is 241. The van der Waals surface area contributed by atoms with Crippen LogP contribution in [0.5, 0.6) is 0 Å². The Labute approximate surface area is 82.2 Å². The molecule has 0 spiro atoms. The van der Waals surface area contributed by atoms with E-state index in [9.17, 15) is 0 Å². The molecule has 1 rings (SSSR count). The summed E-state index contributed by atoms with van der Waals surface area (Å²) in [5.74, 6) is 0.603. The molecule has 74 valence electrons. The summed E-state index contributed by atoms with van der Waals surface area (Å²) in [6.07, 6.45) is -0.444. The number of ether oxygens (including phenoxy) is 1. The van der Waals surface area contributed by atoms with Crippen molar-refractivity contribution in [3.8, 4) is 0 Å². The van der Waals surface area contributed by atoms with E-state index in [1.807, 2.05) is 0 Å². The Kier molecular flexibility index (Phi) is 3.65. The molecule has 1 unspecified atom stereocenters. The largest absolute Gasteiger partial charge is 0.383 e. The average molecular weight is 205 g/mol. The van der Waals surface area contributed by atoms with E-state index in [-0.39, 0.29) is 0 Å². The van der Waals surface area contributed by atoms with E-state index in [0.29, 0.717) is 24.3 Å². The Morgan fingerprint density at radius 1 is 1.69 bits per heavy atom. The van der Waals surface area contributed by atoms with Gasteiger partial charge in [0.15, 0.2) is 6.29 Å². The van der Waals surface area contributed by atoms with Crippen molar-refractivity contribution in [2.75, 3.05) is 20.3 Å². The van der Waals surface area contributed by atoms with Gasteiger partial charge in [0.25, 0.3) is 0 Å². The van der Waals surface area contributed by atoms with E-state index in [2.05, 4.69) is 9.98 Å². The van der Waals surface area contributed by atoms with Gasteiger partial charge in [0.1, 0.15) is 5.84 Å². The lowest BCUT2D eigenvalue weighted by molar-refractivity contribution is 0.164. The fourth-order valence-electron chi connectivity index (χ4n) is 1.01. The van der Waals surface area contributed by atoms with Crippen molar-refractivity contribution in [2.24, 2.45) is 15.7 Å². The lowest BCUT2D eigenvalue weighted by Crippen LogP contribution is -2.47. The molecule has 0 aromatic heterocycles. The van der Waals surface area contributed by atoms with Gasteiger partial charge in [0.05, 0.1) is 6.61 Å². The summed E-state index contributed by atoms with van der Waals surface area (Å²) in [6, 6.07) is 0. The van der Waals surface area contributed by atoms with Crippen LogP contribution in [0.3, 0.4) is 0 Å². The third kappa shape index (κ3) is 2.65. The highest BCUT2D eigenvalue weighted by atomic mass is 35.5. The van der Waals surface area contributed by atoms with Crippen LogP contribution in [0.15, 0.2) is 9.98 Å². The molecule has 2 N–H and O–H groups in total. The molecule has 0 saturated carbocycles. The molecule has 0 aromatic rings. The number of amidine groups is 2. The minimum absolute atomic E-state index is 0.372. The van der Waals surface area contributed by atoms with Crippen molar-refractivity contribution in [3.63, 3.8) is 0 Å². The van der Waals surface area contributed by atoms with Crippen molar-refractivity contribution in [1.82, 2.24) is 4.90 Å². The molecule has 1 aliphatic heterocycles. The molecule has 0 amide bonds. The second-order valence-electron chi connectivity index (χ2n) is 2.66. The summed E-state index contributed by atoms with van der Waals surface area (Å²) in [7, 11) is 1.62. The van der Waals surface area contributed by atoms with Gasteiger partial charge in [-0.15, -0.1) is 0 Å². The van der Waals surface area contributed by atoms with Crippen LogP contribution in [0.25, 0.3) is 0 Å². The topological polar surface area (TPSA) is 63.2 Å². The van der Waals surface area contributed by atoms with Gasteiger partial charge in [0.2, 0.25) is 5.29 Å². The first-order valence-electron chi connectivity index (χ1n) is 3.95. The van der Waals surface area contributed by atoms with Crippen molar-refractivity contribution < 1.29 is 4.74 Å². The lowest BCUT2D eigenvalue weighted by Gasteiger charge is -2.28. The average Bonchev–Trinajstić information content (AvgIpc) is 2.02. The Hall–Kier alpha value is -0.650. The van der Waals surface area contributed by atoms with E-state index >= 15 is 0 Å². The summed E-state index contributed by atoms with van der Waals surface area (Å²) < 4.78 is 4.91. The molecule has 0 aliphatic carbocycles. The SMILES string of the molecule is COCCN1C(Cl)=NC(C)=NC1N. The first-order valence-corrected chi connectivity index (χ1v) is 4.32. The zero-order valence-electron chi connectivity index (χ0n) is 7.70. The predicted molar refractivity (Wildman–Crippen MR) is 53.0 cm³/mol. The third-order valence-electron chi connectivity index (χ3n) is 1.67. The summed E-state index contributed by atoms with van der Waals surface area (Å²) in [5, 5.41) is 0.372. The molecule has 1 heterocycles. The number of rotatable bonds is 3. The molecular formula is C7H13ClN4O. The molecule has 0 bridgehead atoms. The fraction of sp³-hybridized carbons (Fsp3) is 0.714. The summed E-state index contributed by atoms with van der Waals surface area (Å²) in [5.41, 5.74) is 5.72. The first kappa shape index (κ1) is 10.4. The van der Waals surface area contributed by atoms with Gasteiger partial charge in [-0.1, -0.05) is 0 Å². The molecular weight excluding hydrogens is 192 g/mol. The summed E-state index contributed by atoms with van der Waals surface area (Å²) >= 11 is 5.87. The van der Waals surface area contributed by atoms with Crippen LogP contribution in [0, 0.1) is 0 Å². The quantitative estimate of drug-likeness (QED) is 0.669. The van der Waals surface area contributed by atoms with Crippen LogP contribution in [0.4, 0.5) is 0 Å². The van der Waals surface area contributed by atoms with E-state index < -0.39 is 6.29 Å². The zero-order valence-corrected chi connectivity index (χ0v) is 8.45. The maximum atomic E-state index is 5.87. The molecule has 0 aromatic carbocycles. The number of aliphatic imine (C=N–C) groups is 2. The van der Waals surface area contributed by atoms with Crippen LogP contribution in [-0.2, 0) is 4.74 Å². The van der Waals surface area contributed by atoms with E-state index in [1.165, 1.54) is 0 Å². The highest BCUT2D eigenvalue weighted by molar-refractivity contribution is 6.65. The third-order valence-corrected chi connectivity index (χ3v) is 1.97. The molecule has 0 radical (unpaired) electrons. The van der Waals surface area contributed by atoms with Gasteiger partial charge in [-0.3, -0.25) is 5.73 Å². The maximum absolute atomic E-state index is 5.87. The smallest absolute Gasteiger partial charge is 0.203 e. The van der Waals surface area contributed by atoms with Gasteiger partial charge in [0, 0.05) is 13.7 Å². The summed E-state index contributed by atoms with van der Waals surface area (Å²) in [4.78, 5) is 9.73. The number of nitrogens with zero attached hydrogens (tertiary/aromatic N) is 3. The van der Waals surface area contributed by atoms with Crippen LogP contribution in [0.2, 0.25) is 0 Å².